The predicted octanol–water partition coefficient (Wildman–Crippen LogP) is 5.42. The predicted molar refractivity (Wildman–Crippen MR) is 83.6 cm³/mol. The van der Waals surface area contributed by atoms with Gasteiger partial charge >= 0.3 is 0 Å². The zero-order chi connectivity index (χ0) is 13.1. The van der Waals surface area contributed by atoms with Crippen molar-refractivity contribution in [2.24, 2.45) is 0 Å². The van der Waals surface area contributed by atoms with Crippen molar-refractivity contribution < 1.29 is 0 Å². The fourth-order valence-corrected chi connectivity index (χ4v) is 2.61. The maximum atomic E-state index is 2.38. The van der Waals surface area contributed by atoms with Gasteiger partial charge in [-0.2, -0.15) is 0 Å². The third-order valence-electron chi connectivity index (χ3n) is 3.56. The molecule has 0 aromatic heterocycles. The van der Waals surface area contributed by atoms with Gasteiger partial charge in [0.25, 0.3) is 0 Å². The Morgan fingerprint density at radius 3 is 2.42 bits per heavy atom. The molecule has 1 aliphatic rings. The van der Waals surface area contributed by atoms with E-state index in [-0.39, 0.29) is 0 Å². The number of rotatable bonds is 3. The first kappa shape index (κ1) is 12.0. The average molecular weight is 246 g/mol. The largest absolute Gasteiger partial charge is 0.0760 e. The van der Waals surface area contributed by atoms with Crippen molar-refractivity contribution in [2.45, 2.75) is 19.8 Å². The van der Waals surface area contributed by atoms with Gasteiger partial charge in [-0.05, 0) is 40.3 Å². The third-order valence-corrected chi connectivity index (χ3v) is 3.56. The van der Waals surface area contributed by atoms with Crippen LogP contribution in [0.2, 0.25) is 0 Å². The Morgan fingerprint density at radius 1 is 0.895 bits per heavy atom. The molecule has 94 valence electrons. The molecule has 0 unspecified atom stereocenters. The van der Waals surface area contributed by atoms with E-state index in [2.05, 4.69) is 73.7 Å². The lowest BCUT2D eigenvalue weighted by molar-refractivity contribution is 0.961. The molecular weight excluding hydrogens is 228 g/mol. The first-order valence-corrected chi connectivity index (χ1v) is 6.97. The number of unbranched alkanes of at least 4 members (excludes halogenated alkanes) is 1. The Hall–Kier alpha value is -2.08. The first-order chi connectivity index (χ1) is 9.40. The van der Waals surface area contributed by atoms with Crippen LogP contribution in [0.5, 0.6) is 0 Å². The van der Waals surface area contributed by atoms with Crippen molar-refractivity contribution in [2.75, 3.05) is 0 Å². The topological polar surface area (TPSA) is 0 Å². The fourth-order valence-electron chi connectivity index (χ4n) is 2.61. The molecule has 2 aromatic carbocycles. The molecule has 0 nitrogen and oxygen atoms in total. The average Bonchev–Trinajstić information content (AvgIpc) is 2.85. The Kier molecular flexibility index (Phi) is 3.33. The van der Waals surface area contributed by atoms with E-state index in [4.69, 9.17) is 0 Å². The summed E-state index contributed by atoms with van der Waals surface area (Å²) in [6.07, 6.45) is 7.01. The van der Waals surface area contributed by atoms with E-state index in [1.807, 2.05) is 0 Å². The number of hydrogen-bond donors (Lipinski definition) is 0. The Bertz CT molecular complexity index is 630. The van der Waals surface area contributed by atoms with Gasteiger partial charge in [0.1, 0.15) is 0 Å². The van der Waals surface area contributed by atoms with Gasteiger partial charge in [0.2, 0.25) is 0 Å². The molecule has 0 saturated heterocycles. The quantitative estimate of drug-likeness (QED) is 0.678. The summed E-state index contributed by atoms with van der Waals surface area (Å²) in [5.74, 6) is 0. The van der Waals surface area contributed by atoms with Crippen LogP contribution in [0, 0.1) is 0 Å². The molecule has 0 spiro atoms. The summed E-state index contributed by atoms with van der Waals surface area (Å²) in [7, 11) is 0. The lowest BCUT2D eigenvalue weighted by Gasteiger charge is -2.08. The normalized spacial score (nSPS) is 15.4. The number of fused-ring (bicyclic) bond motifs is 1. The molecule has 0 heterocycles. The van der Waals surface area contributed by atoms with Crippen molar-refractivity contribution in [3.05, 3.63) is 77.4 Å². The SMILES string of the molecule is CCC/C=C1/C(c2ccccc2)=Cc2ccccc21. The summed E-state index contributed by atoms with van der Waals surface area (Å²) in [5, 5.41) is 0. The maximum Gasteiger partial charge on any atom is -0.0102 e. The number of benzene rings is 2. The van der Waals surface area contributed by atoms with Crippen molar-refractivity contribution in [3.8, 4) is 0 Å². The van der Waals surface area contributed by atoms with Gasteiger partial charge in [-0.15, -0.1) is 0 Å². The van der Waals surface area contributed by atoms with Crippen LogP contribution in [0.4, 0.5) is 0 Å². The molecule has 2 aromatic rings. The lowest BCUT2D eigenvalue weighted by atomic mass is 9.96. The summed E-state index contributed by atoms with van der Waals surface area (Å²) in [6, 6.07) is 19.3. The molecule has 0 fully saturated rings. The van der Waals surface area contributed by atoms with Crippen LogP contribution in [0.3, 0.4) is 0 Å². The monoisotopic (exact) mass is 246 g/mol. The minimum Gasteiger partial charge on any atom is -0.0760 e. The number of allylic oxidation sites excluding steroid dienone is 3. The van der Waals surface area contributed by atoms with Crippen LogP contribution >= 0.6 is 0 Å². The molecule has 0 aliphatic heterocycles. The molecule has 0 amide bonds. The van der Waals surface area contributed by atoms with E-state index >= 15 is 0 Å². The van der Waals surface area contributed by atoms with Crippen molar-refractivity contribution >= 4 is 17.2 Å². The van der Waals surface area contributed by atoms with E-state index in [9.17, 15) is 0 Å². The fraction of sp³-hybridized carbons (Fsp3) is 0.158. The molecule has 19 heavy (non-hydrogen) atoms. The van der Waals surface area contributed by atoms with Gasteiger partial charge in [-0.1, -0.05) is 74.0 Å². The summed E-state index contributed by atoms with van der Waals surface area (Å²) < 4.78 is 0. The van der Waals surface area contributed by atoms with E-state index < -0.39 is 0 Å². The van der Waals surface area contributed by atoms with Crippen LogP contribution < -0.4 is 0 Å². The third kappa shape index (κ3) is 2.26. The second-order valence-electron chi connectivity index (χ2n) is 4.92. The molecule has 1 aliphatic carbocycles. The lowest BCUT2D eigenvalue weighted by Crippen LogP contribution is -1.86. The first-order valence-electron chi connectivity index (χ1n) is 6.97. The highest BCUT2D eigenvalue weighted by atomic mass is 14.2. The molecule has 0 bridgehead atoms. The van der Waals surface area contributed by atoms with Crippen LogP contribution in [0.15, 0.2) is 60.7 Å². The van der Waals surface area contributed by atoms with Gasteiger partial charge in [0.05, 0.1) is 0 Å². The zero-order valence-electron chi connectivity index (χ0n) is 11.3. The molecule has 0 saturated carbocycles. The zero-order valence-corrected chi connectivity index (χ0v) is 11.3. The summed E-state index contributed by atoms with van der Waals surface area (Å²) in [6.45, 7) is 2.23. The van der Waals surface area contributed by atoms with Crippen LogP contribution in [0.1, 0.15) is 36.5 Å². The molecule has 3 rings (SSSR count). The van der Waals surface area contributed by atoms with Crippen LogP contribution in [-0.2, 0) is 0 Å². The van der Waals surface area contributed by atoms with Crippen molar-refractivity contribution in [1.82, 2.24) is 0 Å². The molecule has 0 radical (unpaired) electrons. The summed E-state index contributed by atoms with van der Waals surface area (Å²) in [4.78, 5) is 0. The second-order valence-corrected chi connectivity index (χ2v) is 4.92. The molecule has 0 atom stereocenters. The van der Waals surface area contributed by atoms with Gasteiger partial charge in [-0.25, -0.2) is 0 Å². The highest BCUT2D eigenvalue weighted by Crippen LogP contribution is 2.41. The van der Waals surface area contributed by atoms with E-state index in [0.717, 1.165) is 6.42 Å². The summed E-state index contributed by atoms with van der Waals surface area (Å²) in [5.41, 5.74) is 6.76. The van der Waals surface area contributed by atoms with Crippen molar-refractivity contribution in [1.29, 1.82) is 0 Å². The minimum atomic E-state index is 1.13. The smallest absolute Gasteiger partial charge is 0.0102 e. The Labute approximate surface area is 115 Å². The Morgan fingerprint density at radius 2 is 1.63 bits per heavy atom. The molecule has 0 N–H and O–H groups in total. The highest BCUT2D eigenvalue weighted by Gasteiger charge is 2.18. The van der Waals surface area contributed by atoms with Gasteiger partial charge in [-0.3, -0.25) is 0 Å². The standard InChI is InChI=1S/C19H18/c1-2-3-12-18-17-13-8-7-11-16(17)14-19(18)15-9-5-4-6-10-15/h4-14H,2-3H2,1H3/b18-12+. The van der Waals surface area contributed by atoms with Crippen molar-refractivity contribution in [3.63, 3.8) is 0 Å². The summed E-state index contributed by atoms with van der Waals surface area (Å²) >= 11 is 0. The second kappa shape index (κ2) is 5.27. The van der Waals surface area contributed by atoms with Gasteiger partial charge in [0.15, 0.2) is 0 Å². The van der Waals surface area contributed by atoms with E-state index in [0.29, 0.717) is 0 Å². The van der Waals surface area contributed by atoms with Gasteiger partial charge < -0.3 is 0 Å². The van der Waals surface area contributed by atoms with E-state index in [1.165, 1.54) is 34.3 Å². The number of hydrogen-bond acceptors (Lipinski definition) is 0. The minimum absolute atomic E-state index is 1.13. The Balaban J connectivity index is 2.10. The van der Waals surface area contributed by atoms with Gasteiger partial charge in [0, 0.05) is 0 Å². The molecule has 0 heteroatoms. The van der Waals surface area contributed by atoms with Crippen LogP contribution in [0.25, 0.3) is 17.2 Å². The van der Waals surface area contributed by atoms with E-state index in [1.54, 1.807) is 0 Å². The maximum absolute atomic E-state index is 2.38. The van der Waals surface area contributed by atoms with Crippen LogP contribution in [-0.4, -0.2) is 0 Å². The highest BCUT2D eigenvalue weighted by molar-refractivity contribution is 6.17. The molecular formula is C19H18.